The van der Waals surface area contributed by atoms with E-state index < -0.39 is 23.3 Å². The number of amides is 1. The van der Waals surface area contributed by atoms with Crippen molar-refractivity contribution >= 4 is 11.9 Å². The number of carbonyl (C=O) groups is 2. The summed E-state index contributed by atoms with van der Waals surface area (Å²) in [6, 6.07) is 10.2. The van der Waals surface area contributed by atoms with Gasteiger partial charge in [0.05, 0.1) is 12.1 Å². The van der Waals surface area contributed by atoms with Gasteiger partial charge in [0, 0.05) is 24.3 Å². The van der Waals surface area contributed by atoms with Gasteiger partial charge in [0.15, 0.2) is 5.69 Å². The van der Waals surface area contributed by atoms with E-state index in [4.69, 9.17) is 5.11 Å². The molecule has 0 spiro atoms. The second-order valence-electron chi connectivity index (χ2n) is 6.14. The number of aromatic nitrogens is 2. The van der Waals surface area contributed by atoms with Gasteiger partial charge >= 0.3 is 5.97 Å². The molecule has 0 bridgehead atoms. The van der Waals surface area contributed by atoms with Gasteiger partial charge in [-0.1, -0.05) is 18.2 Å². The zero-order valence-electron chi connectivity index (χ0n) is 13.9. The van der Waals surface area contributed by atoms with E-state index in [0.717, 1.165) is 12.1 Å². The molecule has 25 heavy (non-hydrogen) atoms. The van der Waals surface area contributed by atoms with E-state index in [1.807, 2.05) is 30.3 Å². The minimum Gasteiger partial charge on any atom is -0.481 e. The number of nitrogens with zero attached hydrogens (tertiary/aromatic N) is 3. The normalized spacial score (nSPS) is 16.8. The Morgan fingerprint density at radius 2 is 2.00 bits per heavy atom. The molecule has 7 heteroatoms. The molecule has 7 nitrogen and oxygen atoms in total. The second-order valence-corrected chi connectivity index (χ2v) is 6.14. The van der Waals surface area contributed by atoms with Crippen LogP contribution in [0.25, 0.3) is 5.69 Å². The van der Waals surface area contributed by atoms with Crippen LogP contribution in [-0.4, -0.2) is 44.3 Å². The van der Waals surface area contributed by atoms with Crippen LogP contribution in [0.2, 0.25) is 0 Å². The minimum atomic E-state index is -0.955. The lowest BCUT2D eigenvalue weighted by atomic mass is 10.1. The van der Waals surface area contributed by atoms with E-state index in [1.165, 1.54) is 11.0 Å². The molecule has 2 aromatic rings. The molecule has 1 aliphatic rings. The van der Waals surface area contributed by atoms with Crippen molar-refractivity contribution in [1.29, 1.82) is 0 Å². The summed E-state index contributed by atoms with van der Waals surface area (Å²) in [6.45, 7) is 2.19. The highest BCUT2D eigenvalue weighted by Gasteiger charge is 2.33. The first-order chi connectivity index (χ1) is 12.0. The average molecular weight is 341 g/mol. The lowest BCUT2D eigenvalue weighted by Gasteiger charge is -2.23. The Kier molecular flexibility index (Phi) is 4.65. The molecular weight excluding hydrogens is 322 g/mol. The maximum Gasteiger partial charge on any atom is 0.305 e. The van der Waals surface area contributed by atoms with Crippen molar-refractivity contribution in [3.8, 4) is 5.69 Å². The molecular formula is C18H19N3O4. The largest absolute Gasteiger partial charge is 0.481 e. The van der Waals surface area contributed by atoms with Crippen molar-refractivity contribution < 1.29 is 14.7 Å². The van der Waals surface area contributed by atoms with Gasteiger partial charge in [0.25, 0.3) is 5.91 Å². The quantitative estimate of drug-likeness (QED) is 0.912. The Balaban J connectivity index is 1.98. The van der Waals surface area contributed by atoms with Gasteiger partial charge < -0.3 is 10.0 Å². The Labute approximate surface area is 144 Å². The number of hydrogen-bond acceptors (Lipinski definition) is 4. The van der Waals surface area contributed by atoms with Crippen molar-refractivity contribution in [3.63, 3.8) is 0 Å². The Hall–Kier alpha value is -2.96. The molecule has 1 N–H and O–H groups in total. The molecule has 0 aliphatic carbocycles. The molecule has 1 aromatic carbocycles. The first-order valence-corrected chi connectivity index (χ1v) is 8.16. The fourth-order valence-corrected chi connectivity index (χ4v) is 3.18. The maximum absolute atomic E-state index is 12.8. The van der Waals surface area contributed by atoms with Gasteiger partial charge in [-0.25, -0.2) is 4.68 Å². The third-order valence-electron chi connectivity index (χ3n) is 4.36. The number of carboxylic acid groups (broad SMARTS) is 1. The zero-order valence-corrected chi connectivity index (χ0v) is 13.9. The van der Waals surface area contributed by atoms with Crippen molar-refractivity contribution in [1.82, 2.24) is 14.7 Å². The van der Waals surface area contributed by atoms with Crippen LogP contribution in [0.3, 0.4) is 0 Å². The van der Waals surface area contributed by atoms with E-state index in [9.17, 15) is 14.4 Å². The van der Waals surface area contributed by atoms with Crippen LogP contribution in [-0.2, 0) is 4.79 Å². The van der Waals surface area contributed by atoms with E-state index in [-0.39, 0.29) is 12.1 Å². The van der Waals surface area contributed by atoms with Crippen LogP contribution in [0.1, 0.15) is 35.4 Å². The molecule has 0 radical (unpaired) electrons. The third kappa shape index (κ3) is 3.45. The van der Waals surface area contributed by atoms with E-state index >= 15 is 0 Å². The van der Waals surface area contributed by atoms with Crippen molar-refractivity contribution in [2.45, 2.75) is 32.2 Å². The lowest BCUT2D eigenvalue weighted by Crippen LogP contribution is -2.40. The molecule has 3 rings (SSSR count). The Bertz CT molecular complexity index is 860. The SMILES string of the molecule is Cc1cc(=O)c(C(=O)N2CCCC2CC(=O)O)nn1-c1ccccc1. The predicted octanol–water partition coefficient (Wildman–Crippen LogP) is 1.62. The summed E-state index contributed by atoms with van der Waals surface area (Å²) in [5.41, 5.74) is 0.746. The first-order valence-electron chi connectivity index (χ1n) is 8.16. The molecule has 1 amide bonds. The van der Waals surface area contributed by atoms with Crippen LogP contribution in [0.4, 0.5) is 0 Å². The number of likely N-dealkylation sites (tertiary alicyclic amines) is 1. The topological polar surface area (TPSA) is 92.5 Å². The second kappa shape index (κ2) is 6.88. The lowest BCUT2D eigenvalue weighted by molar-refractivity contribution is -0.137. The Morgan fingerprint density at radius 3 is 2.68 bits per heavy atom. The van der Waals surface area contributed by atoms with Crippen LogP contribution >= 0.6 is 0 Å². The smallest absolute Gasteiger partial charge is 0.305 e. The number of aryl methyl sites for hydroxylation is 1. The van der Waals surface area contributed by atoms with Gasteiger partial charge in [0.2, 0.25) is 5.43 Å². The van der Waals surface area contributed by atoms with Crippen LogP contribution in [0.15, 0.2) is 41.2 Å². The summed E-state index contributed by atoms with van der Waals surface area (Å²) in [7, 11) is 0. The highest BCUT2D eigenvalue weighted by molar-refractivity contribution is 5.92. The van der Waals surface area contributed by atoms with Gasteiger partial charge in [-0.3, -0.25) is 14.4 Å². The maximum atomic E-state index is 12.8. The van der Waals surface area contributed by atoms with Gasteiger partial charge in [0.1, 0.15) is 0 Å². The van der Waals surface area contributed by atoms with Gasteiger partial charge in [-0.2, -0.15) is 5.10 Å². The van der Waals surface area contributed by atoms with Crippen molar-refractivity contribution in [3.05, 3.63) is 58.0 Å². The first kappa shape index (κ1) is 16.9. The van der Waals surface area contributed by atoms with E-state index in [1.54, 1.807) is 11.6 Å². The highest BCUT2D eigenvalue weighted by Crippen LogP contribution is 2.21. The fourth-order valence-electron chi connectivity index (χ4n) is 3.18. The van der Waals surface area contributed by atoms with Crippen molar-refractivity contribution in [2.24, 2.45) is 0 Å². The van der Waals surface area contributed by atoms with Crippen LogP contribution in [0.5, 0.6) is 0 Å². The Morgan fingerprint density at radius 1 is 1.28 bits per heavy atom. The fraction of sp³-hybridized carbons (Fsp3) is 0.333. The summed E-state index contributed by atoms with van der Waals surface area (Å²) in [5.74, 6) is -1.46. The van der Waals surface area contributed by atoms with Crippen molar-refractivity contribution in [2.75, 3.05) is 6.54 Å². The summed E-state index contributed by atoms with van der Waals surface area (Å²) in [5, 5.41) is 13.3. The van der Waals surface area contributed by atoms with Gasteiger partial charge in [-0.15, -0.1) is 0 Å². The molecule has 1 fully saturated rings. The van der Waals surface area contributed by atoms with Gasteiger partial charge in [-0.05, 0) is 31.9 Å². The number of hydrogen-bond donors (Lipinski definition) is 1. The average Bonchev–Trinajstić information content (AvgIpc) is 3.02. The molecule has 130 valence electrons. The minimum absolute atomic E-state index is 0.121. The van der Waals surface area contributed by atoms with Crippen LogP contribution < -0.4 is 5.43 Å². The standard InChI is InChI=1S/C18H19N3O4/c1-12-10-15(22)17(19-21(12)13-6-3-2-4-7-13)18(25)20-9-5-8-14(20)11-16(23)24/h2-4,6-7,10,14H,5,8-9,11H2,1H3,(H,23,24). The number of aliphatic carboxylic acids is 1. The van der Waals surface area contributed by atoms with E-state index in [0.29, 0.717) is 18.7 Å². The number of carbonyl (C=O) groups excluding carboxylic acids is 1. The molecule has 0 saturated carbocycles. The molecule has 1 saturated heterocycles. The van der Waals surface area contributed by atoms with Crippen LogP contribution in [0, 0.1) is 6.92 Å². The highest BCUT2D eigenvalue weighted by atomic mass is 16.4. The molecule has 1 atom stereocenters. The summed E-state index contributed by atoms with van der Waals surface area (Å²) < 4.78 is 1.55. The number of benzene rings is 1. The molecule has 1 unspecified atom stereocenters. The molecule has 2 heterocycles. The zero-order chi connectivity index (χ0) is 18.0. The molecule has 1 aromatic heterocycles. The predicted molar refractivity (Wildman–Crippen MR) is 90.9 cm³/mol. The monoisotopic (exact) mass is 341 g/mol. The summed E-state index contributed by atoms with van der Waals surface area (Å²) >= 11 is 0. The number of rotatable bonds is 4. The molecule has 1 aliphatic heterocycles. The van der Waals surface area contributed by atoms with E-state index in [2.05, 4.69) is 5.10 Å². The summed E-state index contributed by atoms with van der Waals surface area (Å²) in [6.07, 6.45) is 1.23. The number of para-hydroxylation sites is 1. The number of carboxylic acids is 1. The third-order valence-corrected chi connectivity index (χ3v) is 4.36. The summed E-state index contributed by atoms with van der Waals surface area (Å²) in [4.78, 5) is 37.6.